The number of carbonyl (C=O) groups excluding carboxylic acids is 3. The molecule has 0 aliphatic carbocycles. The van der Waals surface area contributed by atoms with Crippen LogP contribution in [0.25, 0.3) is 0 Å². The minimum atomic E-state index is -0.725. The molecule has 0 spiro atoms. The molecule has 4 N–H and O–H groups in total. The van der Waals surface area contributed by atoms with E-state index < -0.39 is 17.7 Å². The maximum absolute atomic E-state index is 13.6. The summed E-state index contributed by atoms with van der Waals surface area (Å²) in [5.41, 5.74) is 6.74. The number of nitrogens with two attached hydrogens (primary N) is 1. The number of carbonyl (C=O) groups is 3. The highest BCUT2D eigenvalue weighted by molar-refractivity contribution is 5.90. The number of rotatable bonds is 7. The number of hydrogen-bond donors (Lipinski definition) is 3. The van der Waals surface area contributed by atoms with Crippen LogP contribution >= 0.6 is 0 Å². The number of ether oxygens (including phenoxy) is 3. The van der Waals surface area contributed by atoms with Gasteiger partial charge in [-0.15, -0.1) is 0 Å². The number of nitrogens with zero attached hydrogens (tertiary/aromatic N) is 1. The molecule has 3 aliphatic rings. The van der Waals surface area contributed by atoms with Crippen molar-refractivity contribution >= 4 is 17.9 Å². The molecule has 2 saturated heterocycles. The van der Waals surface area contributed by atoms with Crippen molar-refractivity contribution in [1.82, 2.24) is 15.5 Å². The Labute approximate surface area is 231 Å². The second kappa shape index (κ2) is 13.0. The van der Waals surface area contributed by atoms with Gasteiger partial charge in [0.05, 0.1) is 18.7 Å². The van der Waals surface area contributed by atoms with Crippen LogP contribution in [0.5, 0.6) is 5.75 Å². The third kappa shape index (κ3) is 8.08. The van der Waals surface area contributed by atoms with Crippen molar-refractivity contribution in [2.45, 2.75) is 83.0 Å². The Morgan fingerprint density at radius 2 is 1.72 bits per heavy atom. The zero-order valence-electron chi connectivity index (χ0n) is 23.4. The standard InChI is InChI=1S/C29H44N4O6/c1-29(2,3)39-28(36)33-13-8-19(9-14-33)18-23(32-27(35)25(30)20-10-15-37-16-11-20)26(34)31-22-12-17-38-24-7-5-4-6-21(22)24/h4-7,19-20,22-23,25H,8-18,30H2,1-3H3,(H,31,34)(H,32,35)/t22-,23+,25+/m1/s1. The first kappa shape index (κ1) is 29.1. The van der Waals surface area contributed by atoms with E-state index >= 15 is 0 Å². The lowest BCUT2D eigenvalue weighted by atomic mass is 9.88. The van der Waals surface area contributed by atoms with Crippen molar-refractivity contribution < 1.29 is 28.6 Å². The van der Waals surface area contributed by atoms with Crippen molar-refractivity contribution in [3.8, 4) is 5.75 Å². The molecule has 0 unspecified atom stereocenters. The highest BCUT2D eigenvalue weighted by Gasteiger charge is 2.34. The highest BCUT2D eigenvalue weighted by Crippen LogP contribution is 2.32. The number of amides is 3. The quantitative estimate of drug-likeness (QED) is 0.481. The zero-order chi connectivity index (χ0) is 28.0. The van der Waals surface area contributed by atoms with E-state index in [0.717, 1.165) is 37.0 Å². The van der Waals surface area contributed by atoms with Crippen molar-refractivity contribution in [2.24, 2.45) is 17.6 Å². The number of nitrogens with one attached hydrogen (secondary N) is 2. The SMILES string of the molecule is CC(C)(C)OC(=O)N1CCC(C[C@H](NC(=O)[C@@H](N)C2CCOCC2)C(=O)N[C@@H]2CCOc3ccccc32)CC1. The highest BCUT2D eigenvalue weighted by atomic mass is 16.6. The number of fused-ring (bicyclic) bond motifs is 1. The van der Waals surface area contributed by atoms with Gasteiger partial charge in [-0.2, -0.15) is 0 Å². The van der Waals surface area contributed by atoms with Gasteiger partial charge in [0, 0.05) is 38.3 Å². The first-order valence-electron chi connectivity index (χ1n) is 14.2. The van der Waals surface area contributed by atoms with Gasteiger partial charge in [-0.1, -0.05) is 18.2 Å². The molecule has 3 amide bonds. The molecule has 10 nitrogen and oxygen atoms in total. The van der Waals surface area contributed by atoms with E-state index in [1.54, 1.807) is 4.90 Å². The number of hydrogen-bond acceptors (Lipinski definition) is 7. The third-order valence-electron chi connectivity index (χ3n) is 7.82. The molecule has 3 atom stereocenters. The van der Waals surface area contributed by atoms with Gasteiger partial charge in [-0.3, -0.25) is 9.59 Å². The topological polar surface area (TPSA) is 132 Å². The molecule has 3 heterocycles. The predicted molar refractivity (Wildman–Crippen MR) is 146 cm³/mol. The van der Waals surface area contributed by atoms with Crippen molar-refractivity contribution in [3.05, 3.63) is 29.8 Å². The summed E-state index contributed by atoms with van der Waals surface area (Å²) in [5.74, 6) is 0.438. The second-order valence-corrected chi connectivity index (χ2v) is 11.9. The molecule has 39 heavy (non-hydrogen) atoms. The van der Waals surface area contributed by atoms with Crippen LogP contribution in [0.3, 0.4) is 0 Å². The van der Waals surface area contributed by atoms with E-state index in [2.05, 4.69) is 10.6 Å². The van der Waals surface area contributed by atoms with E-state index in [1.165, 1.54) is 0 Å². The molecule has 10 heteroatoms. The second-order valence-electron chi connectivity index (χ2n) is 11.9. The average molecular weight is 545 g/mol. The van der Waals surface area contributed by atoms with E-state index in [-0.39, 0.29) is 35.8 Å². The summed E-state index contributed by atoms with van der Waals surface area (Å²) >= 11 is 0. The summed E-state index contributed by atoms with van der Waals surface area (Å²) in [5, 5.41) is 6.15. The van der Waals surface area contributed by atoms with Gasteiger partial charge in [0.2, 0.25) is 11.8 Å². The summed E-state index contributed by atoms with van der Waals surface area (Å²) < 4.78 is 16.7. The summed E-state index contributed by atoms with van der Waals surface area (Å²) in [6.45, 7) is 8.36. The molecule has 0 bridgehead atoms. The molecule has 1 aromatic carbocycles. The fourth-order valence-corrected chi connectivity index (χ4v) is 5.56. The maximum Gasteiger partial charge on any atom is 0.410 e. The van der Waals surface area contributed by atoms with Crippen molar-refractivity contribution in [1.29, 1.82) is 0 Å². The minimum Gasteiger partial charge on any atom is -0.493 e. The summed E-state index contributed by atoms with van der Waals surface area (Å²) in [6, 6.07) is 6.09. The first-order valence-corrected chi connectivity index (χ1v) is 14.2. The number of benzene rings is 1. The molecule has 4 rings (SSSR count). The van der Waals surface area contributed by atoms with Crippen molar-refractivity contribution in [3.63, 3.8) is 0 Å². The third-order valence-corrected chi connectivity index (χ3v) is 7.82. The monoisotopic (exact) mass is 544 g/mol. The molecular formula is C29H44N4O6. The van der Waals surface area contributed by atoms with Crippen LogP contribution in [-0.4, -0.2) is 73.4 Å². The van der Waals surface area contributed by atoms with E-state index in [0.29, 0.717) is 45.8 Å². The Morgan fingerprint density at radius 1 is 1.03 bits per heavy atom. The number of piperidine rings is 1. The van der Waals surface area contributed by atoms with Gasteiger partial charge < -0.3 is 35.5 Å². The molecule has 0 saturated carbocycles. The Hall–Kier alpha value is -2.85. The van der Waals surface area contributed by atoms with Gasteiger partial charge >= 0.3 is 6.09 Å². The van der Waals surface area contributed by atoms with Gasteiger partial charge in [-0.25, -0.2) is 4.79 Å². The normalized spacial score (nSPS) is 22.2. The van der Waals surface area contributed by atoms with Crippen LogP contribution in [0.4, 0.5) is 4.79 Å². The number of para-hydroxylation sites is 1. The molecule has 216 valence electrons. The van der Waals surface area contributed by atoms with Crippen LogP contribution in [-0.2, 0) is 19.1 Å². The summed E-state index contributed by atoms with van der Waals surface area (Å²) in [7, 11) is 0. The Balaban J connectivity index is 1.41. The molecule has 0 radical (unpaired) electrons. The van der Waals surface area contributed by atoms with E-state index in [9.17, 15) is 14.4 Å². The van der Waals surface area contributed by atoms with Gasteiger partial charge in [-0.05, 0) is 70.8 Å². The van der Waals surface area contributed by atoms with E-state index in [1.807, 2.05) is 45.0 Å². The first-order chi connectivity index (χ1) is 18.6. The van der Waals surface area contributed by atoms with E-state index in [4.69, 9.17) is 19.9 Å². The predicted octanol–water partition coefficient (Wildman–Crippen LogP) is 2.90. The lowest BCUT2D eigenvalue weighted by Crippen LogP contribution is -2.55. The van der Waals surface area contributed by atoms with Gasteiger partial charge in [0.15, 0.2) is 0 Å². The van der Waals surface area contributed by atoms with Crippen LogP contribution in [0, 0.1) is 11.8 Å². The minimum absolute atomic E-state index is 0.0295. The lowest BCUT2D eigenvalue weighted by molar-refractivity contribution is -0.131. The Bertz CT molecular complexity index is 998. The summed E-state index contributed by atoms with van der Waals surface area (Å²) in [6.07, 6.45) is 3.73. The molecule has 2 fully saturated rings. The Kier molecular flexibility index (Phi) is 9.71. The molecule has 1 aromatic rings. The Morgan fingerprint density at radius 3 is 2.41 bits per heavy atom. The maximum atomic E-state index is 13.6. The van der Waals surface area contributed by atoms with Crippen LogP contribution in [0.1, 0.15) is 70.9 Å². The van der Waals surface area contributed by atoms with Gasteiger partial charge in [0.1, 0.15) is 17.4 Å². The molecular weight excluding hydrogens is 500 g/mol. The lowest BCUT2D eigenvalue weighted by Gasteiger charge is -2.35. The van der Waals surface area contributed by atoms with Crippen molar-refractivity contribution in [2.75, 3.05) is 32.9 Å². The number of likely N-dealkylation sites (tertiary alicyclic amines) is 1. The fraction of sp³-hybridized carbons (Fsp3) is 0.690. The smallest absolute Gasteiger partial charge is 0.410 e. The summed E-state index contributed by atoms with van der Waals surface area (Å²) in [4.78, 5) is 41.1. The fourth-order valence-electron chi connectivity index (χ4n) is 5.56. The van der Waals surface area contributed by atoms with Crippen LogP contribution in [0.15, 0.2) is 24.3 Å². The average Bonchev–Trinajstić information content (AvgIpc) is 2.92. The zero-order valence-corrected chi connectivity index (χ0v) is 23.4. The van der Waals surface area contributed by atoms with Gasteiger partial charge in [0.25, 0.3) is 0 Å². The van der Waals surface area contributed by atoms with Crippen LogP contribution in [0.2, 0.25) is 0 Å². The molecule has 3 aliphatic heterocycles. The van der Waals surface area contributed by atoms with Crippen LogP contribution < -0.4 is 21.1 Å². The largest absolute Gasteiger partial charge is 0.493 e. The molecule has 0 aromatic heterocycles.